The lowest BCUT2D eigenvalue weighted by Crippen LogP contribution is -2.37. The minimum atomic E-state index is -0.132. The number of aromatic nitrogens is 2. The summed E-state index contributed by atoms with van der Waals surface area (Å²) in [6, 6.07) is 16.4. The van der Waals surface area contributed by atoms with Crippen molar-refractivity contribution >= 4 is 11.6 Å². The van der Waals surface area contributed by atoms with E-state index in [-0.39, 0.29) is 18.6 Å². The molecule has 2 aliphatic carbocycles. The number of benzene rings is 2. The third-order valence-corrected chi connectivity index (χ3v) is 6.89. The van der Waals surface area contributed by atoms with Crippen LogP contribution < -0.4 is 10.1 Å². The summed E-state index contributed by atoms with van der Waals surface area (Å²) in [5.74, 6) is 1.22. The lowest BCUT2D eigenvalue weighted by Gasteiger charge is -2.34. The van der Waals surface area contributed by atoms with Crippen LogP contribution in [-0.2, 0) is 22.6 Å². The van der Waals surface area contributed by atoms with Crippen molar-refractivity contribution in [1.82, 2.24) is 14.9 Å². The number of amides is 1. The Morgan fingerprint density at radius 2 is 2.03 bits per heavy atom. The monoisotopic (exact) mass is 472 g/mol. The lowest BCUT2D eigenvalue weighted by molar-refractivity contribution is -0.127. The van der Waals surface area contributed by atoms with Crippen LogP contribution in [-0.4, -0.2) is 34.4 Å². The second-order valence-corrected chi connectivity index (χ2v) is 9.28. The Morgan fingerprint density at radius 3 is 2.80 bits per heavy atom. The number of ether oxygens (including phenoxy) is 1. The van der Waals surface area contributed by atoms with Crippen LogP contribution in [0, 0.1) is 5.92 Å². The molecule has 7 heteroatoms. The van der Waals surface area contributed by atoms with Gasteiger partial charge in [0.15, 0.2) is 6.61 Å². The van der Waals surface area contributed by atoms with Gasteiger partial charge in [-0.25, -0.2) is 4.98 Å². The van der Waals surface area contributed by atoms with Crippen molar-refractivity contribution in [3.63, 3.8) is 0 Å². The van der Waals surface area contributed by atoms with Crippen molar-refractivity contribution in [2.24, 2.45) is 11.1 Å². The molecule has 1 heterocycles. The van der Waals surface area contributed by atoms with Gasteiger partial charge in [-0.1, -0.05) is 41.9 Å². The number of fused-ring (bicyclic) bond motifs is 1. The average Bonchev–Trinajstić information content (AvgIpc) is 3.37. The van der Waals surface area contributed by atoms with Crippen LogP contribution in [0.1, 0.15) is 54.8 Å². The third-order valence-electron chi connectivity index (χ3n) is 6.89. The van der Waals surface area contributed by atoms with Crippen molar-refractivity contribution < 1.29 is 14.4 Å². The Hall–Kier alpha value is -3.61. The zero-order valence-corrected chi connectivity index (χ0v) is 19.9. The fourth-order valence-electron chi connectivity index (χ4n) is 4.80. The molecule has 1 N–H and O–H groups in total. The maximum absolute atomic E-state index is 12.7. The van der Waals surface area contributed by atoms with Gasteiger partial charge in [-0.05, 0) is 67.3 Å². The highest BCUT2D eigenvalue weighted by Gasteiger charge is 2.29. The Labute approximate surface area is 206 Å². The van der Waals surface area contributed by atoms with Gasteiger partial charge in [-0.15, -0.1) is 0 Å². The fraction of sp³-hybridized carbons (Fsp3) is 0.393. The van der Waals surface area contributed by atoms with E-state index in [2.05, 4.69) is 33.7 Å². The van der Waals surface area contributed by atoms with Crippen molar-refractivity contribution in [3.05, 3.63) is 83.9 Å². The second kappa shape index (κ2) is 11.2. The quantitative estimate of drug-likeness (QED) is 0.435. The SMILES string of the molecule is O=C(CO/N=C1/CCCc2cc(OCCn3ccnc3)ccc21)NC(c1ccccc1)C1CCC1. The van der Waals surface area contributed by atoms with Crippen LogP contribution in [0.4, 0.5) is 0 Å². The number of aryl methyl sites for hydroxylation is 1. The van der Waals surface area contributed by atoms with E-state index >= 15 is 0 Å². The summed E-state index contributed by atoms with van der Waals surface area (Å²) >= 11 is 0. The first-order valence-corrected chi connectivity index (χ1v) is 12.5. The van der Waals surface area contributed by atoms with E-state index in [9.17, 15) is 4.79 Å². The summed E-state index contributed by atoms with van der Waals surface area (Å²) in [7, 11) is 0. The number of nitrogens with zero attached hydrogens (tertiary/aromatic N) is 3. The molecule has 0 spiro atoms. The summed E-state index contributed by atoms with van der Waals surface area (Å²) in [5.41, 5.74) is 4.33. The highest BCUT2D eigenvalue weighted by molar-refractivity contribution is 6.02. The van der Waals surface area contributed by atoms with E-state index < -0.39 is 0 Å². The van der Waals surface area contributed by atoms with Crippen LogP contribution in [0.3, 0.4) is 0 Å². The smallest absolute Gasteiger partial charge is 0.261 e. The first kappa shape index (κ1) is 23.1. The van der Waals surface area contributed by atoms with E-state index in [1.807, 2.05) is 41.1 Å². The number of rotatable bonds is 10. The molecule has 1 saturated carbocycles. The number of imidazole rings is 1. The van der Waals surface area contributed by atoms with Gasteiger partial charge < -0.3 is 19.5 Å². The van der Waals surface area contributed by atoms with Gasteiger partial charge in [0, 0.05) is 18.0 Å². The summed E-state index contributed by atoms with van der Waals surface area (Å²) in [5, 5.41) is 7.53. The molecule has 0 bridgehead atoms. The summed E-state index contributed by atoms with van der Waals surface area (Å²) in [6.07, 6.45) is 11.8. The molecule has 2 aromatic carbocycles. The number of carbonyl (C=O) groups excluding carboxylic acids is 1. The van der Waals surface area contributed by atoms with E-state index in [1.165, 1.54) is 12.0 Å². The second-order valence-electron chi connectivity index (χ2n) is 9.28. The van der Waals surface area contributed by atoms with Crippen LogP contribution in [0.15, 0.2) is 72.4 Å². The van der Waals surface area contributed by atoms with Crippen LogP contribution >= 0.6 is 0 Å². The predicted octanol–water partition coefficient (Wildman–Crippen LogP) is 4.68. The van der Waals surface area contributed by atoms with Crippen LogP contribution in [0.5, 0.6) is 5.75 Å². The molecule has 1 atom stereocenters. The predicted molar refractivity (Wildman–Crippen MR) is 134 cm³/mol. The van der Waals surface area contributed by atoms with E-state index in [1.54, 1.807) is 12.5 Å². The van der Waals surface area contributed by atoms with Gasteiger partial charge in [-0.2, -0.15) is 0 Å². The zero-order chi connectivity index (χ0) is 23.9. The third kappa shape index (κ3) is 5.91. The molecule has 5 rings (SSSR count). The molecule has 2 aliphatic rings. The Bertz CT molecular complexity index is 1140. The molecule has 0 saturated heterocycles. The normalized spacial score (nSPS) is 17.3. The number of nitrogens with one attached hydrogen (secondary N) is 1. The van der Waals surface area contributed by atoms with Crippen molar-refractivity contribution in [2.75, 3.05) is 13.2 Å². The maximum Gasteiger partial charge on any atom is 0.261 e. The molecular formula is C28H32N4O3. The summed E-state index contributed by atoms with van der Waals surface area (Å²) in [6.45, 7) is 1.26. The molecule has 35 heavy (non-hydrogen) atoms. The van der Waals surface area contributed by atoms with Gasteiger partial charge in [0.1, 0.15) is 12.4 Å². The van der Waals surface area contributed by atoms with Gasteiger partial charge in [0.2, 0.25) is 0 Å². The van der Waals surface area contributed by atoms with Crippen LogP contribution in [0.25, 0.3) is 0 Å². The van der Waals surface area contributed by atoms with Gasteiger partial charge in [0.05, 0.1) is 24.6 Å². The molecule has 1 amide bonds. The summed E-state index contributed by atoms with van der Waals surface area (Å²) < 4.78 is 7.92. The van der Waals surface area contributed by atoms with Crippen molar-refractivity contribution in [1.29, 1.82) is 0 Å². The number of hydrogen-bond donors (Lipinski definition) is 1. The molecule has 1 aromatic heterocycles. The molecule has 3 aromatic rings. The Morgan fingerprint density at radius 1 is 1.14 bits per heavy atom. The zero-order valence-electron chi connectivity index (χ0n) is 19.9. The number of carbonyl (C=O) groups is 1. The Balaban J connectivity index is 1.16. The fourth-order valence-corrected chi connectivity index (χ4v) is 4.80. The molecule has 1 fully saturated rings. The highest BCUT2D eigenvalue weighted by Crippen LogP contribution is 2.37. The maximum atomic E-state index is 12.7. The molecule has 1 unspecified atom stereocenters. The Kier molecular flexibility index (Phi) is 7.41. The number of hydrogen-bond acceptors (Lipinski definition) is 5. The van der Waals surface area contributed by atoms with Crippen LogP contribution in [0.2, 0.25) is 0 Å². The molecule has 182 valence electrons. The van der Waals surface area contributed by atoms with Crippen molar-refractivity contribution in [3.8, 4) is 5.75 Å². The first-order chi connectivity index (χ1) is 17.3. The highest BCUT2D eigenvalue weighted by atomic mass is 16.6. The van der Waals surface area contributed by atoms with Gasteiger partial charge in [-0.3, -0.25) is 4.79 Å². The molecule has 0 radical (unpaired) electrons. The molecule has 7 nitrogen and oxygen atoms in total. The standard InChI is InChI=1S/C28H32N4O3/c33-27(30-28(22-8-4-9-22)21-6-2-1-3-7-21)19-35-31-26-11-5-10-23-18-24(12-13-25(23)26)34-17-16-32-15-14-29-20-32/h1-3,6-7,12-15,18,20,22,28H,4-5,8-11,16-17,19H2,(H,30,33)/b31-26-. The van der Waals surface area contributed by atoms with Gasteiger partial charge >= 0.3 is 0 Å². The minimum absolute atomic E-state index is 0.0382. The first-order valence-electron chi connectivity index (χ1n) is 12.5. The van der Waals surface area contributed by atoms with E-state index in [0.717, 1.165) is 61.2 Å². The molecule has 0 aliphatic heterocycles. The largest absolute Gasteiger partial charge is 0.492 e. The minimum Gasteiger partial charge on any atom is -0.492 e. The van der Waals surface area contributed by atoms with E-state index in [4.69, 9.17) is 9.57 Å². The average molecular weight is 473 g/mol. The summed E-state index contributed by atoms with van der Waals surface area (Å²) in [4.78, 5) is 22.2. The number of oxime groups is 1. The van der Waals surface area contributed by atoms with Crippen molar-refractivity contribution in [2.45, 2.75) is 51.1 Å². The lowest BCUT2D eigenvalue weighted by atomic mass is 9.77. The van der Waals surface area contributed by atoms with Gasteiger partial charge in [0.25, 0.3) is 5.91 Å². The molecular weight excluding hydrogens is 440 g/mol. The topological polar surface area (TPSA) is 77.7 Å². The van der Waals surface area contributed by atoms with E-state index in [0.29, 0.717) is 12.5 Å².